The number of benzene rings is 2. The molecule has 0 bridgehead atoms. The van der Waals surface area contributed by atoms with Crippen molar-refractivity contribution in [2.45, 2.75) is 24.2 Å². The van der Waals surface area contributed by atoms with Crippen LogP contribution in [-0.2, 0) is 32.4 Å². The molecule has 0 aliphatic carbocycles. The molecule has 0 amide bonds. The number of aryl methyl sites for hydroxylation is 1. The molecule has 0 unspecified atom stereocenters. The van der Waals surface area contributed by atoms with E-state index in [0.29, 0.717) is 50.6 Å². The van der Waals surface area contributed by atoms with Gasteiger partial charge >= 0.3 is 0 Å². The highest BCUT2D eigenvalue weighted by Gasteiger charge is 2.26. The monoisotopic (exact) mass is 486 g/mol. The second kappa shape index (κ2) is 10.6. The van der Waals surface area contributed by atoms with Crippen LogP contribution >= 0.6 is 0 Å². The summed E-state index contributed by atoms with van der Waals surface area (Å²) in [6.45, 7) is 2.29. The van der Waals surface area contributed by atoms with Gasteiger partial charge in [-0.25, -0.2) is 8.42 Å². The number of hydrogen-bond acceptors (Lipinski definition) is 7. The van der Waals surface area contributed by atoms with Gasteiger partial charge in [0.1, 0.15) is 0 Å². The Balaban J connectivity index is 1.42. The third-order valence-electron chi connectivity index (χ3n) is 6.11. The van der Waals surface area contributed by atoms with Gasteiger partial charge in [0.05, 0.1) is 32.3 Å². The minimum Gasteiger partial charge on any atom is -0.493 e. The maximum Gasteiger partial charge on any atom is 0.243 e. The molecule has 34 heavy (non-hydrogen) atoms. The van der Waals surface area contributed by atoms with Crippen molar-refractivity contribution in [3.8, 4) is 11.5 Å². The predicted octanol–water partition coefficient (Wildman–Crippen LogP) is 2.41. The van der Waals surface area contributed by atoms with Crippen LogP contribution in [0.2, 0.25) is 0 Å². The summed E-state index contributed by atoms with van der Waals surface area (Å²) in [7, 11) is -0.322. The number of ether oxygens (including phenoxy) is 3. The number of rotatable bonds is 8. The lowest BCUT2D eigenvalue weighted by atomic mass is 9.96. The standard InChI is InChI=1S/C25H30N2O6S/c1-31-24-15-19-9-10-26-23(22(19)17-25(24)32-2)16-20(28)6-3-18-4-7-21(8-5-18)34(29,30)27-11-13-33-14-12-27/h4-5,7-8,15-17,26H,3,6,9-14H2,1-2H3/b23-16-. The summed E-state index contributed by atoms with van der Waals surface area (Å²) in [5.41, 5.74) is 3.73. The molecule has 0 atom stereocenters. The average Bonchev–Trinajstić information content (AvgIpc) is 2.87. The molecule has 9 heteroatoms. The Morgan fingerprint density at radius 1 is 1.09 bits per heavy atom. The van der Waals surface area contributed by atoms with Gasteiger partial charge in [0, 0.05) is 43.4 Å². The van der Waals surface area contributed by atoms with Crippen molar-refractivity contribution in [2.24, 2.45) is 0 Å². The number of nitrogens with zero attached hydrogens (tertiary/aromatic N) is 1. The SMILES string of the molecule is COc1cc2c(cc1OC)/C(=C/C(=O)CCc1ccc(S(=O)(=O)N3CCOCC3)cc1)NCC2. The number of sulfonamides is 1. The van der Waals surface area contributed by atoms with Crippen molar-refractivity contribution in [1.29, 1.82) is 0 Å². The van der Waals surface area contributed by atoms with Gasteiger partial charge in [-0.05, 0) is 48.2 Å². The second-order valence-corrected chi connectivity index (χ2v) is 10.2. The maximum atomic E-state index is 12.8. The molecule has 1 fully saturated rings. The Morgan fingerprint density at radius 2 is 1.76 bits per heavy atom. The highest BCUT2D eigenvalue weighted by Crippen LogP contribution is 2.34. The molecule has 182 valence electrons. The van der Waals surface area contributed by atoms with Gasteiger partial charge in [-0.2, -0.15) is 4.31 Å². The molecule has 0 radical (unpaired) electrons. The molecule has 1 saturated heterocycles. The zero-order chi connectivity index (χ0) is 24.1. The molecular formula is C25H30N2O6S. The summed E-state index contributed by atoms with van der Waals surface area (Å²) in [5, 5.41) is 3.31. The fraction of sp³-hybridized carbons (Fsp3) is 0.400. The van der Waals surface area contributed by atoms with Crippen LogP contribution in [-0.4, -0.2) is 65.6 Å². The van der Waals surface area contributed by atoms with Crippen molar-refractivity contribution >= 4 is 21.5 Å². The van der Waals surface area contributed by atoms with Crippen LogP contribution in [0.3, 0.4) is 0 Å². The zero-order valence-electron chi connectivity index (χ0n) is 19.5. The summed E-state index contributed by atoms with van der Waals surface area (Å²) < 4.78 is 43.0. The molecule has 0 aromatic heterocycles. The fourth-order valence-electron chi connectivity index (χ4n) is 4.20. The Morgan fingerprint density at radius 3 is 2.44 bits per heavy atom. The van der Waals surface area contributed by atoms with Crippen molar-refractivity contribution in [3.05, 3.63) is 59.2 Å². The minimum atomic E-state index is -3.52. The van der Waals surface area contributed by atoms with Crippen molar-refractivity contribution in [3.63, 3.8) is 0 Å². The minimum absolute atomic E-state index is 0.00449. The third-order valence-corrected chi connectivity index (χ3v) is 8.02. The number of morpholine rings is 1. The Labute approximate surface area is 200 Å². The smallest absolute Gasteiger partial charge is 0.243 e. The van der Waals surface area contributed by atoms with E-state index in [1.165, 1.54) is 4.31 Å². The molecule has 2 heterocycles. The lowest BCUT2D eigenvalue weighted by Crippen LogP contribution is -2.40. The fourth-order valence-corrected chi connectivity index (χ4v) is 5.61. The first-order valence-electron chi connectivity index (χ1n) is 11.3. The molecule has 4 rings (SSSR count). The number of nitrogens with one attached hydrogen (secondary N) is 1. The third kappa shape index (κ3) is 5.27. The topological polar surface area (TPSA) is 94.2 Å². The summed E-state index contributed by atoms with van der Waals surface area (Å²) in [6, 6.07) is 10.6. The van der Waals surface area contributed by atoms with E-state index in [0.717, 1.165) is 35.4 Å². The van der Waals surface area contributed by atoms with E-state index < -0.39 is 10.0 Å². The van der Waals surface area contributed by atoms with Gasteiger partial charge < -0.3 is 19.5 Å². The van der Waals surface area contributed by atoms with Gasteiger partial charge in [-0.15, -0.1) is 0 Å². The van der Waals surface area contributed by atoms with Crippen LogP contribution in [0.5, 0.6) is 11.5 Å². The molecule has 8 nitrogen and oxygen atoms in total. The zero-order valence-corrected chi connectivity index (χ0v) is 20.3. The second-order valence-electron chi connectivity index (χ2n) is 8.23. The van der Waals surface area contributed by atoms with Crippen LogP contribution < -0.4 is 14.8 Å². The van der Waals surface area contributed by atoms with E-state index in [9.17, 15) is 13.2 Å². The molecule has 0 spiro atoms. The number of allylic oxidation sites excluding steroid dienone is 1. The number of carbonyl (C=O) groups is 1. The van der Waals surface area contributed by atoms with Crippen LogP contribution in [0, 0.1) is 0 Å². The van der Waals surface area contributed by atoms with E-state index in [-0.39, 0.29) is 10.7 Å². The summed E-state index contributed by atoms with van der Waals surface area (Å²) in [6.07, 6.45) is 3.32. The first-order valence-corrected chi connectivity index (χ1v) is 12.8. The molecule has 1 N–H and O–H groups in total. The van der Waals surface area contributed by atoms with Crippen LogP contribution in [0.15, 0.2) is 47.4 Å². The van der Waals surface area contributed by atoms with Gasteiger partial charge in [0.25, 0.3) is 0 Å². The number of hydrogen-bond donors (Lipinski definition) is 1. The van der Waals surface area contributed by atoms with Crippen LogP contribution in [0.4, 0.5) is 0 Å². The molecular weight excluding hydrogens is 456 g/mol. The van der Waals surface area contributed by atoms with E-state index in [4.69, 9.17) is 14.2 Å². The molecule has 2 aromatic rings. The lowest BCUT2D eigenvalue weighted by Gasteiger charge is -2.26. The first kappa shape index (κ1) is 24.3. The Kier molecular flexibility index (Phi) is 7.55. The molecule has 2 aliphatic rings. The van der Waals surface area contributed by atoms with Crippen LogP contribution in [0.1, 0.15) is 23.1 Å². The van der Waals surface area contributed by atoms with Crippen molar-refractivity contribution < 1.29 is 27.4 Å². The highest BCUT2D eigenvalue weighted by molar-refractivity contribution is 7.89. The summed E-state index contributed by atoms with van der Waals surface area (Å²) >= 11 is 0. The van der Waals surface area contributed by atoms with Crippen molar-refractivity contribution in [2.75, 3.05) is 47.1 Å². The Bertz CT molecular complexity index is 1170. The maximum absolute atomic E-state index is 12.8. The molecule has 0 saturated carbocycles. The van der Waals surface area contributed by atoms with E-state index >= 15 is 0 Å². The van der Waals surface area contributed by atoms with Gasteiger partial charge in [-0.3, -0.25) is 4.79 Å². The average molecular weight is 487 g/mol. The number of methoxy groups -OCH3 is 2. The normalized spacial score (nSPS) is 17.6. The Hall–Kier alpha value is -2.88. The van der Waals surface area contributed by atoms with Crippen molar-refractivity contribution in [1.82, 2.24) is 9.62 Å². The van der Waals surface area contributed by atoms with Crippen LogP contribution in [0.25, 0.3) is 5.70 Å². The van der Waals surface area contributed by atoms with E-state index in [1.807, 2.05) is 12.1 Å². The number of ketones is 1. The number of fused-ring (bicyclic) bond motifs is 1. The van der Waals surface area contributed by atoms with Gasteiger partial charge in [0.15, 0.2) is 17.3 Å². The summed E-state index contributed by atoms with van der Waals surface area (Å²) in [4.78, 5) is 13.0. The van der Waals surface area contributed by atoms with E-state index in [1.54, 1.807) is 44.6 Å². The van der Waals surface area contributed by atoms with E-state index in [2.05, 4.69) is 5.32 Å². The van der Waals surface area contributed by atoms with Gasteiger partial charge in [-0.1, -0.05) is 12.1 Å². The van der Waals surface area contributed by atoms with Gasteiger partial charge in [0.2, 0.25) is 10.0 Å². The molecule has 2 aromatic carbocycles. The lowest BCUT2D eigenvalue weighted by molar-refractivity contribution is -0.114. The largest absolute Gasteiger partial charge is 0.493 e. The molecule has 2 aliphatic heterocycles. The summed E-state index contributed by atoms with van der Waals surface area (Å²) in [5.74, 6) is 1.29. The highest BCUT2D eigenvalue weighted by atomic mass is 32.2. The first-order chi connectivity index (χ1) is 16.4. The number of carbonyl (C=O) groups excluding carboxylic acids is 1. The predicted molar refractivity (Wildman–Crippen MR) is 129 cm³/mol. The quantitative estimate of drug-likeness (QED) is 0.573.